The molecule has 0 aliphatic heterocycles. The molecule has 0 amide bonds. The van der Waals surface area contributed by atoms with Gasteiger partial charge in [-0.25, -0.2) is 0 Å². The minimum absolute atomic E-state index is 0.196. The lowest BCUT2D eigenvalue weighted by Crippen LogP contribution is -2.63. The Morgan fingerprint density at radius 3 is 1.87 bits per heavy atom. The standard InChI is InChI=1S/C13H9F9O/c1-2-7-4-3-5-8(6-7)9(23)10(14,15)11(16,17)12(18,19)13(20,21)22/h3-6H,2H2,1H3. The Balaban J connectivity index is 3.35. The number of Topliss-reactive ketones (excluding diaryl/α,β-unsaturated/α-hetero) is 1. The molecule has 0 saturated carbocycles. The van der Waals surface area contributed by atoms with Gasteiger partial charge in [0.25, 0.3) is 0 Å². The molecule has 1 nitrogen and oxygen atoms in total. The Hall–Kier alpha value is -1.74. The van der Waals surface area contributed by atoms with Gasteiger partial charge in [-0.05, 0) is 18.1 Å². The lowest BCUT2D eigenvalue weighted by Gasteiger charge is -2.32. The van der Waals surface area contributed by atoms with Crippen LogP contribution in [0.5, 0.6) is 0 Å². The van der Waals surface area contributed by atoms with E-state index >= 15 is 0 Å². The summed E-state index contributed by atoms with van der Waals surface area (Å²) < 4.78 is 115. The van der Waals surface area contributed by atoms with E-state index in [1.807, 2.05) is 0 Å². The highest BCUT2D eigenvalue weighted by Crippen LogP contribution is 2.53. The quantitative estimate of drug-likeness (QED) is 0.544. The van der Waals surface area contributed by atoms with E-state index in [9.17, 15) is 44.3 Å². The first kappa shape index (κ1) is 19.3. The van der Waals surface area contributed by atoms with Crippen LogP contribution in [0.1, 0.15) is 22.8 Å². The summed E-state index contributed by atoms with van der Waals surface area (Å²) >= 11 is 0. The van der Waals surface area contributed by atoms with Crippen molar-refractivity contribution in [1.82, 2.24) is 0 Å². The summed E-state index contributed by atoms with van der Waals surface area (Å²) in [5.74, 6) is -23.1. The molecule has 0 heterocycles. The van der Waals surface area contributed by atoms with Gasteiger partial charge in [0.1, 0.15) is 0 Å². The average Bonchev–Trinajstić information content (AvgIpc) is 2.44. The van der Waals surface area contributed by atoms with Gasteiger partial charge < -0.3 is 0 Å². The summed E-state index contributed by atoms with van der Waals surface area (Å²) in [7, 11) is 0. The SMILES string of the molecule is CCc1cccc(C(=O)C(F)(F)C(F)(F)C(F)(F)C(F)(F)F)c1. The third-order valence-electron chi connectivity index (χ3n) is 3.03. The molecule has 0 radical (unpaired) electrons. The lowest BCUT2D eigenvalue weighted by molar-refractivity contribution is -0.386. The van der Waals surface area contributed by atoms with Crippen LogP contribution >= 0.6 is 0 Å². The van der Waals surface area contributed by atoms with Crippen LogP contribution < -0.4 is 0 Å². The third-order valence-corrected chi connectivity index (χ3v) is 3.03. The third kappa shape index (κ3) is 3.02. The fourth-order valence-electron chi connectivity index (χ4n) is 1.63. The largest absolute Gasteiger partial charge is 0.460 e. The topological polar surface area (TPSA) is 17.1 Å². The molecule has 10 heteroatoms. The second kappa shape index (κ2) is 5.72. The van der Waals surface area contributed by atoms with Crippen molar-refractivity contribution in [3.63, 3.8) is 0 Å². The van der Waals surface area contributed by atoms with Crippen molar-refractivity contribution >= 4 is 5.78 Å². The monoisotopic (exact) mass is 352 g/mol. The van der Waals surface area contributed by atoms with Crippen LogP contribution in [0, 0.1) is 0 Å². The van der Waals surface area contributed by atoms with Crippen molar-refractivity contribution in [3.8, 4) is 0 Å². The first-order valence-corrected chi connectivity index (χ1v) is 6.04. The Kier molecular flexibility index (Phi) is 4.80. The highest BCUT2D eigenvalue weighted by atomic mass is 19.4. The molecule has 0 N–H and O–H groups in total. The maximum atomic E-state index is 13.5. The number of carbonyl (C=O) groups is 1. The fraction of sp³-hybridized carbons (Fsp3) is 0.462. The second-order valence-electron chi connectivity index (χ2n) is 4.60. The fourth-order valence-corrected chi connectivity index (χ4v) is 1.63. The molecule has 23 heavy (non-hydrogen) atoms. The maximum absolute atomic E-state index is 13.5. The van der Waals surface area contributed by atoms with E-state index in [2.05, 4.69) is 0 Å². The van der Waals surface area contributed by atoms with E-state index in [-0.39, 0.29) is 12.0 Å². The Bertz CT molecular complexity index is 589. The number of benzene rings is 1. The van der Waals surface area contributed by atoms with Crippen LogP contribution in [-0.4, -0.2) is 29.7 Å². The zero-order chi connectivity index (χ0) is 18.3. The highest BCUT2D eigenvalue weighted by Gasteiger charge is 2.83. The molecular formula is C13H9F9O. The van der Waals surface area contributed by atoms with E-state index in [4.69, 9.17) is 0 Å². The average molecular weight is 352 g/mol. The number of alkyl halides is 9. The van der Waals surface area contributed by atoms with Gasteiger partial charge >= 0.3 is 23.9 Å². The molecule has 0 saturated heterocycles. The Labute approximate surface area is 124 Å². The number of hydrogen-bond acceptors (Lipinski definition) is 1. The molecule has 0 aromatic heterocycles. The van der Waals surface area contributed by atoms with Gasteiger partial charge in [0, 0.05) is 5.56 Å². The number of rotatable bonds is 5. The van der Waals surface area contributed by atoms with Crippen molar-refractivity contribution in [1.29, 1.82) is 0 Å². The van der Waals surface area contributed by atoms with Crippen molar-refractivity contribution in [2.75, 3.05) is 0 Å². The Morgan fingerprint density at radius 1 is 0.913 bits per heavy atom. The first-order valence-electron chi connectivity index (χ1n) is 6.04. The van der Waals surface area contributed by atoms with Gasteiger partial charge in [-0.1, -0.05) is 25.1 Å². The number of ketones is 1. The maximum Gasteiger partial charge on any atom is 0.460 e. The molecule has 0 fully saturated rings. The van der Waals surface area contributed by atoms with E-state index in [1.165, 1.54) is 13.0 Å². The molecule has 0 aliphatic rings. The van der Waals surface area contributed by atoms with Gasteiger partial charge in [-0.2, -0.15) is 39.5 Å². The molecule has 130 valence electrons. The lowest BCUT2D eigenvalue weighted by atomic mass is 9.94. The summed E-state index contributed by atoms with van der Waals surface area (Å²) in [6, 6.07) is 3.69. The molecule has 0 atom stereocenters. The normalized spacial score (nSPS) is 14.0. The molecule has 1 aromatic rings. The molecule has 1 aromatic carbocycles. The van der Waals surface area contributed by atoms with Gasteiger partial charge in [-0.3, -0.25) is 4.79 Å². The Morgan fingerprint density at radius 2 is 1.43 bits per heavy atom. The van der Waals surface area contributed by atoms with Gasteiger partial charge in [0.05, 0.1) is 0 Å². The van der Waals surface area contributed by atoms with Crippen molar-refractivity contribution in [2.45, 2.75) is 37.3 Å². The van der Waals surface area contributed by atoms with Gasteiger partial charge in [-0.15, -0.1) is 0 Å². The van der Waals surface area contributed by atoms with E-state index in [0.29, 0.717) is 6.07 Å². The summed E-state index contributed by atoms with van der Waals surface area (Å²) in [6.07, 6.45) is -6.76. The van der Waals surface area contributed by atoms with E-state index in [1.54, 1.807) is 0 Å². The summed E-state index contributed by atoms with van der Waals surface area (Å²) in [4.78, 5) is 11.4. The first-order chi connectivity index (χ1) is 10.2. The van der Waals surface area contributed by atoms with Crippen LogP contribution in [-0.2, 0) is 6.42 Å². The smallest absolute Gasteiger partial charge is 0.287 e. The molecule has 0 aliphatic carbocycles. The molecule has 0 bridgehead atoms. The molecule has 1 rings (SSSR count). The van der Waals surface area contributed by atoms with Crippen molar-refractivity contribution < 1.29 is 44.3 Å². The van der Waals surface area contributed by atoms with Crippen LogP contribution in [0.3, 0.4) is 0 Å². The van der Waals surface area contributed by atoms with E-state index < -0.39 is 35.3 Å². The van der Waals surface area contributed by atoms with Gasteiger partial charge in [0.15, 0.2) is 0 Å². The molecular weight excluding hydrogens is 343 g/mol. The summed E-state index contributed by atoms with van der Waals surface area (Å²) in [5.41, 5.74) is -0.857. The predicted octanol–water partition coefficient (Wildman–Crippen LogP) is 4.90. The second-order valence-corrected chi connectivity index (χ2v) is 4.60. The molecule has 0 spiro atoms. The van der Waals surface area contributed by atoms with Crippen LogP contribution in [0.4, 0.5) is 39.5 Å². The molecule has 0 unspecified atom stereocenters. The number of aryl methyl sites for hydroxylation is 1. The minimum atomic E-state index is -7.08. The number of halogens is 9. The van der Waals surface area contributed by atoms with Crippen LogP contribution in [0.15, 0.2) is 24.3 Å². The minimum Gasteiger partial charge on any atom is -0.287 e. The van der Waals surface area contributed by atoms with Crippen LogP contribution in [0.2, 0.25) is 0 Å². The predicted molar refractivity (Wildman–Crippen MR) is 61.0 cm³/mol. The summed E-state index contributed by atoms with van der Waals surface area (Å²) in [5, 5.41) is 0. The highest BCUT2D eigenvalue weighted by molar-refractivity contribution is 6.02. The van der Waals surface area contributed by atoms with Crippen molar-refractivity contribution in [2.24, 2.45) is 0 Å². The number of carbonyl (C=O) groups excluding carboxylic acids is 1. The van der Waals surface area contributed by atoms with Crippen molar-refractivity contribution in [3.05, 3.63) is 35.4 Å². The number of hydrogen-bond donors (Lipinski definition) is 0. The zero-order valence-corrected chi connectivity index (χ0v) is 11.3. The van der Waals surface area contributed by atoms with E-state index in [0.717, 1.165) is 12.1 Å². The van der Waals surface area contributed by atoms with Gasteiger partial charge in [0.2, 0.25) is 5.78 Å². The summed E-state index contributed by atoms with van der Waals surface area (Å²) in [6.45, 7) is 1.52. The van der Waals surface area contributed by atoms with Crippen LogP contribution in [0.25, 0.3) is 0 Å². The zero-order valence-electron chi connectivity index (χ0n) is 11.3.